The minimum atomic E-state index is -0.175. The Bertz CT molecular complexity index is 870. The van der Waals surface area contributed by atoms with Crippen molar-refractivity contribution >= 4 is 11.7 Å². The number of rotatable bonds is 10. The molecule has 3 rings (SSSR count). The van der Waals surface area contributed by atoms with Crippen LogP contribution in [0.15, 0.2) is 42.5 Å². The number of para-hydroxylation sites is 2. The quantitative estimate of drug-likeness (QED) is 0.606. The van der Waals surface area contributed by atoms with Crippen molar-refractivity contribution < 1.29 is 23.7 Å². The molecule has 1 aliphatic heterocycles. The highest BCUT2D eigenvalue weighted by Crippen LogP contribution is 2.28. The lowest BCUT2D eigenvalue weighted by atomic mass is 10.2. The van der Waals surface area contributed by atoms with E-state index in [9.17, 15) is 4.79 Å². The number of hydrogen-bond acceptors (Lipinski definition) is 6. The van der Waals surface area contributed by atoms with E-state index in [1.807, 2.05) is 47.4 Å². The van der Waals surface area contributed by atoms with Crippen molar-refractivity contribution in [3.05, 3.63) is 48.0 Å². The van der Waals surface area contributed by atoms with Crippen LogP contribution >= 0.6 is 0 Å². The standard InChI is InChI=1S/C24H33N3O5/c1-29-21-8-5-4-7-20(21)25-24(28)27(12-6-11-26-13-15-32-16-14-26)18-19-9-10-22(30-2)23(17-19)31-3/h4-5,7-10,17H,6,11-16,18H2,1-3H3,(H,25,28). The molecule has 0 bridgehead atoms. The molecule has 2 aromatic carbocycles. The SMILES string of the molecule is COc1ccccc1NC(=O)N(CCCN1CCOCC1)Cc1ccc(OC)c(OC)c1. The molecule has 1 aliphatic rings. The summed E-state index contributed by atoms with van der Waals surface area (Å²) in [5.74, 6) is 1.93. The maximum absolute atomic E-state index is 13.2. The van der Waals surface area contributed by atoms with Crippen LogP contribution in [0.2, 0.25) is 0 Å². The van der Waals surface area contributed by atoms with E-state index in [1.54, 1.807) is 21.3 Å². The van der Waals surface area contributed by atoms with Crippen molar-refractivity contribution in [3.8, 4) is 17.2 Å². The lowest BCUT2D eigenvalue weighted by molar-refractivity contribution is 0.0365. The van der Waals surface area contributed by atoms with Gasteiger partial charge in [-0.25, -0.2) is 4.79 Å². The van der Waals surface area contributed by atoms with Crippen molar-refractivity contribution in [2.45, 2.75) is 13.0 Å². The van der Waals surface area contributed by atoms with E-state index in [4.69, 9.17) is 18.9 Å². The predicted molar refractivity (Wildman–Crippen MR) is 124 cm³/mol. The second-order valence-electron chi connectivity index (χ2n) is 7.55. The first-order chi connectivity index (χ1) is 15.6. The molecule has 2 amide bonds. The van der Waals surface area contributed by atoms with Crippen LogP contribution in [0.5, 0.6) is 17.2 Å². The summed E-state index contributed by atoms with van der Waals surface area (Å²) in [6.07, 6.45) is 0.868. The van der Waals surface area contributed by atoms with Gasteiger partial charge in [0.15, 0.2) is 11.5 Å². The van der Waals surface area contributed by atoms with Gasteiger partial charge in [0, 0.05) is 32.7 Å². The minimum Gasteiger partial charge on any atom is -0.495 e. The number of benzene rings is 2. The average molecular weight is 444 g/mol. The van der Waals surface area contributed by atoms with Crippen LogP contribution in [0.3, 0.4) is 0 Å². The van der Waals surface area contributed by atoms with Crippen molar-refractivity contribution in [1.82, 2.24) is 9.80 Å². The van der Waals surface area contributed by atoms with Gasteiger partial charge < -0.3 is 29.2 Å². The van der Waals surface area contributed by atoms with Gasteiger partial charge in [0.1, 0.15) is 5.75 Å². The molecule has 0 unspecified atom stereocenters. The van der Waals surface area contributed by atoms with Crippen molar-refractivity contribution in [2.75, 3.05) is 66.0 Å². The lowest BCUT2D eigenvalue weighted by Crippen LogP contribution is -2.40. The number of methoxy groups -OCH3 is 3. The molecule has 0 radical (unpaired) electrons. The van der Waals surface area contributed by atoms with Crippen molar-refractivity contribution in [2.24, 2.45) is 0 Å². The first-order valence-corrected chi connectivity index (χ1v) is 10.8. The minimum absolute atomic E-state index is 0.175. The normalized spacial score (nSPS) is 14.0. The highest BCUT2D eigenvalue weighted by atomic mass is 16.5. The Morgan fingerprint density at radius 3 is 2.44 bits per heavy atom. The van der Waals surface area contributed by atoms with Crippen molar-refractivity contribution in [1.29, 1.82) is 0 Å². The maximum Gasteiger partial charge on any atom is 0.322 e. The highest BCUT2D eigenvalue weighted by molar-refractivity contribution is 5.91. The Morgan fingerprint density at radius 2 is 1.72 bits per heavy atom. The van der Waals surface area contributed by atoms with E-state index in [0.29, 0.717) is 36.0 Å². The summed E-state index contributed by atoms with van der Waals surface area (Å²) >= 11 is 0. The summed E-state index contributed by atoms with van der Waals surface area (Å²) in [5, 5.41) is 2.99. The molecule has 2 aromatic rings. The van der Waals surface area contributed by atoms with E-state index in [2.05, 4.69) is 10.2 Å². The van der Waals surface area contributed by atoms with Crippen molar-refractivity contribution in [3.63, 3.8) is 0 Å². The summed E-state index contributed by atoms with van der Waals surface area (Å²) < 4.78 is 21.6. The average Bonchev–Trinajstić information content (AvgIpc) is 2.84. The molecule has 0 saturated carbocycles. The van der Waals surface area contributed by atoms with E-state index in [-0.39, 0.29) is 6.03 Å². The van der Waals surface area contributed by atoms with Gasteiger partial charge in [0.2, 0.25) is 0 Å². The first kappa shape index (κ1) is 23.7. The number of anilines is 1. The monoisotopic (exact) mass is 443 g/mol. The summed E-state index contributed by atoms with van der Waals surface area (Å²) in [7, 11) is 4.81. The van der Waals surface area contributed by atoms with E-state index in [0.717, 1.165) is 44.8 Å². The van der Waals surface area contributed by atoms with Gasteiger partial charge in [-0.2, -0.15) is 0 Å². The zero-order valence-corrected chi connectivity index (χ0v) is 19.1. The predicted octanol–water partition coefficient (Wildman–Crippen LogP) is 3.47. The second-order valence-corrected chi connectivity index (χ2v) is 7.55. The number of carbonyl (C=O) groups is 1. The molecule has 8 heteroatoms. The van der Waals surface area contributed by atoms with Gasteiger partial charge in [-0.05, 0) is 36.2 Å². The Labute approximate surface area is 190 Å². The summed E-state index contributed by atoms with van der Waals surface area (Å²) in [4.78, 5) is 17.4. The third-order valence-electron chi connectivity index (χ3n) is 5.46. The van der Waals surface area contributed by atoms with Gasteiger partial charge in [-0.15, -0.1) is 0 Å². The Hall–Kier alpha value is -2.97. The number of amides is 2. The first-order valence-electron chi connectivity index (χ1n) is 10.8. The van der Waals surface area contributed by atoms with E-state index < -0.39 is 0 Å². The zero-order chi connectivity index (χ0) is 22.8. The zero-order valence-electron chi connectivity index (χ0n) is 19.1. The van der Waals surface area contributed by atoms with Gasteiger partial charge >= 0.3 is 6.03 Å². The largest absolute Gasteiger partial charge is 0.495 e. The third kappa shape index (κ3) is 6.51. The van der Waals surface area contributed by atoms with Gasteiger partial charge in [0.05, 0.1) is 40.2 Å². The van der Waals surface area contributed by atoms with Gasteiger partial charge in [0.25, 0.3) is 0 Å². The molecule has 0 spiro atoms. The number of hydrogen-bond donors (Lipinski definition) is 1. The number of nitrogens with one attached hydrogen (secondary N) is 1. The van der Waals surface area contributed by atoms with Crippen LogP contribution in [-0.4, -0.2) is 76.6 Å². The smallest absolute Gasteiger partial charge is 0.322 e. The summed E-state index contributed by atoms with van der Waals surface area (Å²) in [6, 6.07) is 12.9. The fourth-order valence-electron chi connectivity index (χ4n) is 3.70. The summed E-state index contributed by atoms with van der Waals surface area (Å²) in [6.45, 7) is 5.39. The fourth-order valence-corrected chi connectivity index (χ4v) is 3.70. The van der Waals surface area contributed by atoms with Crippen LogP contribution in [0.25, 0.3) is 0 Å². The number of urea groups is 1. The number of nitrogens with zero attached hydrogens (tertiary/aromatic N) is 2. The summed E-state index contributed by atoms with van der Waals surface area (Å²) in [5.41, 5.74) is 1.61. The van der Waals surface area contributed by atoms with Gasteiger partial charge in [-0.3, -0.25) is 4.90 Å². The van der Waals surface area contributed by atoms with E-state index in [1.165, 1.54) is 0 Å². The number of carbonyl (C=O) groups excluding carboxylic acids is 1. The third-order valence-corrected chi connectivity index (χ3v) is 5.46. The van der Waals surface area contributed by atoms with E-state index >= 15 is 0 Å². The van der Waals surface area contributed by atoms with Crippen LogP contribution in [0.1, 0.15) is 12.0 Å². The molecule has 1 N–H and O–H groups in total. The number of morpholine rings is 1. The molecule has 174 valence electrons. The highest BCUT2D eigenvalue weighted by Gasteiger charge is 2.18. The molecule has 1 heterocycles. The second kappa shape index (κ2) is 12.2. The van der Waals surface area contributed by atoms with Crippen LogP contribution in [0.4, 0.5) is 10.5 Å². The van der Waals surface area contributed by atoms with Crippen LogP contribution in [0, 0.1) is 0 Å². The number of ether oxygens (including phenoxy) is 4. The fraction of sp³-hybridized carbons (Fsp3) is 0.458. The molecule has 1 fully saturated rings. The Balaban J connectivity index is 1.71. The lowest BCUT2D eigenvalue weighted by Gasteiger charge is -2.28. The maximum atomic E-state index is 13.2. The molecule has 0 aromatic heterocycles. The molecular weight excluding hydrogens is 410 g/mol. The van der Waals surface area contributed by atoms with Crippen LogP contribution < -0.4 is 19.5 Å². The molecule has 1 saturated heterocycles. The Morgan fingerprint density at radius 1 is 1.00 bits per heavy atom. The van der Waals surface area contributed by atoms with Gasteiger partial charge in [-0.1, -0.05) is 18.2 Å². The molecular formula is C24H33N3O5. The molecule has 0 aliphatic carbocycles. The van der Waals surface area contributed by atoms with Crippen LogP contribution in [-0.2, 0) is 11.3 Å². The topological polar surface area (TPSA) is 72.5 Å². The Kier molecular flexibility index (Phi) is 9.01. The molecule has 0 atom stereocenters. The molecule has 32 heavy (non-hydrogen) atoms. The molecule has 8 nitrogen and oxygen atoms in total.